The first-order valence-corrected chi connectivity index (χ1v) is 14.1. The van der Waals surface area contributed by atoms with Gasteiger partial charge < -0.3 is 19.7 Å². The molecule has 6 nitrogen and oxygen atoms in total. The number of nitrogens with zero attached hydrogens (tertiary/aromatic N) is 2. The molecule has 1 fully saturated rings. The minimum absolute atomic E-state index is 0.109. The van der Waals surface area contributed by atoms with Gasteiger partial charge in [0.05, 0.1) is 23.6 Å². The van der Waals surface area contributed by atoms with Crippen LogP contribution >= 0.6 is 0 Å². The van der Waals surface area contributed by atoms with Crippen LogP contribution in [0.1, 0.15) is 84.7 Å². The van der Waals surface area contributed by atoms with Gasteiger partial charge in [-0.3, -0.25) is 0 Å². The molecule has 0 aliphatic heterocycles. The third kappa shape index (κ3) is 5.86. The molecule has 5 rings (SSSR count). The quantitative estimate of drug-likeness (QED) is 0.401. The Hall–Kier alpha value is -3.25. The number of aliphatic carboxylic acids is 1. The second kappa shape index (κ2) is 10.4. The number of fused-ring (bicyclic) bond motifs is 1. The molecule has 0 bridgehead atoms. The number of hydrogen-bond acceptors (Lipinski definition) is 6. The van der Waals surface area contributed by atoms with Gasteiger partial charge in [0, 0.05) is 18.0 Å². The summed E-state index contributed by atoms with van der Waals surface area (Å²) in [5, 5.41) is 21.3. The zero-order valence-electron chi connectivity index (χ0n) is 23.8. The molecule has 2 aliphatic carbocycles. The van der Waals surface area contributed by atoms with E-state index in [4.69, 9.17) is 4.74 Å². The largest absolute Gasteiger partial charge is 0.550 e. The fraction of sp³-hybridized carbons (Fsp3) is 0.485. The Morgan fingerprint density at radius 1 is 1.10 bits per heavy atom. The van der Waals surface area contributed by atoms with Crippen molar-refractivity contribution < 1.29 is 19.7 Å². The summed E-state index contributed by atoms with van der Waals surface area (Å²) in [4.78, 5) is 20.6. The van der Waals surface area contributed by atoms with Gasteiger partial charge in [0.15, 0.2) is 0 Å². The maximum absolute atomic E-state index is 11.4. The summed E-state index contributed by atoms with van der Waals surface area (Å²) in [5.41, 5.74) is 9.68. The Morgan fingerprint density at radius 3 is 2.46 bits per heavy atom. The molecule has 3 aromatic rings. The molecular formula is C33H39N2O4-. The van der Waals surface area contributed by atoms with Gasteiger partial charge in [-0.2, -0.15) is 9.97 Å². The van der Waals surface area contributed by atoms with Gasteiger partial charge in [-0.1, -0.05) is 36.4 Å². The summed E-state index contributed by atoms with van der Waals surface area (Å²) in [7, 11) is 0. The molecule has 0 amide bonds. The van der Waals surface area contributed by atoms with Gasteiger partial charge in [-0.15, -0.1) is 0 Å². The predicted octanol–water partition coefficient (Wildman–Crippen LogP) is 4.95. The Bertz CT molecular complexity index is 1380. The summed E-state index contributed by atoms with van der Waals surface area (Å²) in [5.74, 6) is -0.833. The van der Waals surface area contributed by atoms with Crippen LogP contribution in [0.3, 0.4) is 0 Å². The third-order valence-electron chi connectivity index (χ3n) is 8.72. The fourth-order valence-electron chi connectivity index (χ4n) is 6.36. The van der Waals surface area contributed by atoms with Crippen molar-refractivity contribution in [3.8, 4) is 17.1 Å². The Labute approximate surface area is 231 Å². The Balaban J connectivity index is 1.31. The van der Waals surface area contributed by atoms with E-state index in [-0.39, 0.29) is 17.8 Å². The van der Waals surface area contributed by atoms with E-state index in [9.17, 15) is 15.0 Å². The molecule has 1 aromatic heterocycles. The molecule has 2 aliphatic rings. The number of carbonyl (C=O) groups is 1. The van der Waals surface area contributed by atoms with Crippen LogP contribution in [-0.2, 0) is 24.1 Å². The summed E-state index contributed by atoms with van der Waals surface area (Å²) in [6.45, 7) is 10.0. The second-order valence-corrected chi connectivity index (χ2v) is 12.3. The Kier molecular flexibility index (Phi) is 7.27. The SMILES string of the molecule is Cc1nc(OCCC(C)(C)O)nc(C)c1-c1cccc(CCc2ccc3c(c2)CC2(CC2)C3CC(=O)[O-])c1C. The monoisotopic (exact) mass is 527 g/mol. The number of hydrogen-bond donors (Lipinski definition) is 1. The number of carboxylic acids is 1. The van der Waals surface area contributed by atoms with E-state index in [1.165, 1.54) is 27.8 Å². The van der Waals surface area contributed by atoms with E-state index in [2.05, 4.69) is 53.3 Å². The Morgan fingerprint density at radius 2 is 1.82 bits per heavy atom. The van der Waals surface area contributed by atoms with Crippen LogP contribution in [0.4, 0.5) is 0 Å². The van der Waals surface area contributed by atoms with Crippen molar-refractivity contribution in [1.29, 1.82) is 0 Å². The molecule has 0 saturated heterocycles. The van der Waals surface area contributed by atoms with Crippen molar-refractivity contribution in [2.45, 2.75) is 91.1 Å². The van der Waals surface area contributed by atoms with Gasteiger partial charge in [0.2, 0.25) is 0 Å². The van der Waals surface area contributed by atoms with Crippen molar-refractivity contribution in [2.24, 2.45) is 5.41 Å². The molecule has 6 heteroatoms. The molecule has 1 heterocycles. The number of aromatic nitrogens is 2. The molecule has 1 spiro atoms. The minimum atomic E-state index is -0.942. The van der Waals surface area contributed by atoms with Crippen molar-refractivity contribution >= 4 is 5.97 Å². The van der Waals surface area contributed by atoms with Gasteiger partial charge in [0.1, 0.15) is 0 Å². The van der Waals surface area contributed by atoms with Crippen molar-refractivity contribution in [2.75, 3.05) is 6.61 Å². The summed E-state index contributed by atoms with van der Waals surface area (Å²) in [6.07, 6.45) is 5.73. The van der Waals surface area contributed by atoms with Crippen LogP contribution in [0.2, 0.25) is 0 Å². The normalized spacial score (nSPS) is 17.3. The molecule has 39 heavy (non-hydrogen) atoms. The van der Waals surface area contributed by atoms with Crippen LogP contribution < -0.4 is 9.84 Å². The molecule has 0 radical (unpaired) electrons. The van der Waals surface area contributed by atoms with Crippen LogP contribution in [0.5, 0.6) is 6.01 Å². The summed E-state index contributed by atoms with van der Waals surface area (Å²) >= 11 is 0. The number of aliphatic hydroxyl groups is 1. The second-order valence-electron chi connectivity index (χ2n) is 12.3. The third-order valence-corrected chi connectivity index (χ3v) is 8.72. The highest BCUT2D eigenvalue weighted by Crippen LogP contribution is 2.64. The molecular weight excluding hydrogens is 488 g/mol. The maximum Gasteiger partial charge on any atom is 0.316 e. The van der Waals surface area contributed by atoms with Crippen molar-refractivity contribution in [1.82, 2.24) is 9.97 Å². The highest BCUT2D eigenvalue weighted by molar-refractivity contribution is 5.72. The number of benzene rings is 2. The van der Waals surface area contributed by atoms with Crippen molar-refractivity contribution in [3.63, 3.8) is 0 Å². The van der Waals surface area contributed by atoms with Gasteiger partial charge in [-0.05, 0) is 118 Å². The molecule has 1 atom stereocenters. The first kappa shape index (κ1) is 27.3. The fourth-order valence-corrected chi connectivity index (χ4v) is 6.36. The van der Waals surface area contributed by atoms with Crippen LogP contribution in [0.25, 0.3) is 11.1 Å². The lowest BCUT2D eigenvalue weighted by Gasteiger charge is -2.20. The van der Waals surface area contributed by atoms with Gasteiger partial charge >= 0.3 is 6.01 Å². The first-order valence-electron chi connectivity index (χ1n) is 14.1. The van der Waals surface area contributed by atoms with Crippen LogP contribution in [0.15, 0.2) is 36.4 Å². The lowest BCUT2D eigenvalue weighted by Crippen LogP contribution is -2.26. The predicted molar refractivity (Wildman–Crippen MR) is 150 cm³/mol. The molecule has 1 saturated carbocycles. The van der Waals surface area contributed by atoms with E-state index in [0.717, 1.165) is 54.6 Å². The highest BCUT2D eigenvalue weighted by atomic mass is 16.5. The van der Waals surface area contributed by atoms with Crippen molar-refractivity contribution in [3.05, 3.63) is 75.6 Å². The zero-order valence-corrected chi connectivity index (χ0v) is 23.8. The zero-order chi connectivity index (χ0) is 27.9. The number of rotatable bonds is 10. The average Bonchev–Trinajstić information content (AvgIpc) is 3.55. The van der Waals surface area contributed by atoms with Gasteiger partial charge in [-0.25, -0.2) is 0 Å². The lowest BCUT2D eigenvalue weighted by molar-refractivity contribution is -0.306. The van der Waals surface area contributed by atoms with E-state index >= 15 is 0 Å². The first-order chi connectivity index (χ1) is 18.5. The van der Waals surface area contributed by atoms with E-state index in [0.29, 0.717) is 19.0 Å². The smallest absolute Gasteiger partial charge is 0.316 e. The molecule has 2 aromatic carbocycles. The molecule has 1 N–H and O–H groups in total. The van der Waals surface area contributed by atoms with Crippen LogP contribution in [0, 0.1) is 26.2 Å². The van der Waals surface area contributed by atoms with E-state index in [1.54, 1.807) is 13.8 Å². The van der Waals surface area contributed by atoms with E-state index < -0.39 is 11.6 Å². The van der Waals surface area contributed by atoms with Crippen LogP contribution in [-0.4, -0.2) is 33.3 Å². The number of aryl methyl sites for hydroxylation is 4. The minimum Gasteiger partial charge on any atom is -0.550 e. The lowest BCUT2D eigenvalue weighted by atomic mass is 9.87. The standard InChI is InChI=1S/C33H40N2O4/c1-20-24(11-9-23-10-12-27-25(17-23)19-33(13-14-33)28(27)18-29(36)37)7-6-8-26(20)30-21(2)34-31(35-22(30)3)39-16-15-32(4,5)38/h6-8,10,12,17,28,38H,9,11,13-16,18-19H2,1-5H3,(H,36,37)/p-1. The number of carbonyl (C=O) groups excluding carboxylic acids is 1. The topological polar surface area (TPSA) is 95.4 Å². The highest BCUT2D eigenvalue weighted by Gasteiger charge is 2.53. The molecule has 1 unspecified atom stereocenters. The van der Waals surface area contributed by atoms with E-state index in [1.807, 2.05) is 13.8 Å². The summed E-state index contributed by atoms with van der Waals surface area (Å²) < 4.78 is 5.74. The average molecular weight is 528 g/mol. The maximum atomic E-state index is 11.4. The van der Waals surface area contributed by atoms with Gasteiger partial charge in [0.25, 0.3) is 0 Å². The number of carboxylic acid groups (broad SMARTS) is 1. The number of ether oxygens (including phenoxy) is 1. The summed E-state index contributed by atoms with van der Waals surface area (Å²) in [6, 6.07) is 13.4. The molecule has 206 valence electrons.